The summed E-state index contributed by atoms with van der Waals surface area (Å²) in [5.41, 5.74) is -2.09. The van der Waals surface area contributed by atoms with Gasteiger partial charge in [0.1, 0.15) is 18.6 Å². The first-order chi connectivity index (χ1) is 12.6. The molecule has 27 heavy (non-hydrogen) atoms. The van der Waals surface area contributed by atoms with Gasteiger partial charge in [-0.1, -0.05) is 0 Å². The van der Waals surface area contributed by atoms with Crippen molar-refractivity contribution in [2.75, 3.05) is 19.8 Å². The van der Waals surface area contributed by atoms with E-state index in [1.807, 2.05) is 0 Å². The number of halogens is 5. The zero-order valence-corrected chi connectivity index (χ0v) is 13.8. The molecule has 1 aromatic carbocycles. The van der Waals surface area contributed by atoms with E-state index >= 15 is 0 Å². The summed E-state index contributed by atoms with van der Waals surface area (Å²) in [4.78, 5) is 23.3. The van der Waals surface area contributed by atoms with Crippen molar-refractivity contribution in [2.45, 2.75) is 13.3 Å². The van der Waals surface area contributed by atoms with E-state index in [0.29, 0.717) is 0 Å². The molecule has 0 amide bonds. The van der Waals surface area contributed by atoms with Gasteiger partial charge in [0.2, 0.25) is 34.8 Å². The van der Waals surface area contributed by atoms with Gasteiger partial charge in [-0.2, -0.15) is 8.78 Å². The SMILES string of the molecule is C#CCCOC(=O)OCC(C)(CO)C(=O)Oc1c(F)c(F)c(F)c(F)c1F. The zero-order valence-electron chi connectivity index (χ0n) is 13.8. The Balaban J connectivity index is 2.93. The number of rotatable bonds is 7. The van der Waals surface area contributed by atoms with E-state index in [9.17, 15) is 36.6 Å². The van der Waals surface area contributed by atoms with Crippen LogP contribution in [-0.2, 0) is 14.3 Å². The van der Waals surface area contributed by atoms with Gasteiger partial charge in [0, 0.05) is 6.42 Å². The van der Waals surface area contributed by atoms with Crippen LogP contribution in [0.2, 0.25) is 0 Å². The average molecular weight is 396 g/mol. The van der Waals surface area contributed by atoms with Crippen molar-refractivity contribution in [3.8, 4) is 18.1 Å². The van der Waals surface area contributed by atoms with Crippen LogP contribution in [-0.4, -0.2) is 37.1 Å². The molecule has 1 N–H and O–H groups in total. The van der Waals surface area contributed by atoms with Crippen LogP contribution in [0, 0.1) is 46.8 Å². The number of esters is 1. The van der Waals surface area contributed by atoms with Gasteiger partial charge in [-0.25, -0.2) is 18.0 Å². The largest absolute Gasteiger partial charge is 0.508 e. The summed E-state index contributed by atoms with van der Waals surface area (Å²) < 4.78 is 79.6. The fraction of sp³-hybridized carbons (Fsp3) is 0.375. The molecule has 0 saturated carbocycles. The van der Waals surface area contributed by atoms with Crippen molar-refractivity contribution < 1.29 is 50.9 Å². The maximum Gasteiger partial charge on any atom is 0.508 e. The van der Waals surface area contributed by atoms with E-state index < -0.39 is 65.6 Å². The second-order valence-corrected chi connectivity index (χ2v) is 5.35. The van der Waals surface area contributed by atoms with Crippen LogP contribution < -0.4 is 4.74 Å². The van der Waals surface area contributed by atoms with E-state index in [-0.39, 0.29) is 13.0 Å². The van der Waals surface area contributed by atoms with Crippen LogP contribution >= 0.6 is 0 Å². The van der Waals surface area contributed by atoms with Gasteiger partial charge in [-0.3, -0.25) is 4.79 Å². The molecule has 0 bridgehead atoms. The Morgan fingerprint density at radius 1 is 1.04 bits per heavy atom. The Kier molecular flexibility index (Phi) is 7.54. The van der Waals surface area contributed by atoms with Crippen LogP contribution in [0.3, 0.4) is 0 Å². The standard InChI is InChI=1S/C16H13F5O6/c1-3-4-5-25-15(24)26-7-16(2,6-22)14(23)27-13-11(20)9(18)8(17)10(19)12(13)21/h1,22H,4-7H2,2H3. The van der Waals surface area contributed by atoms with Gasteiger partial charge in [0.05, 0.1) is 6.61 Å². The molecule has 0 aromatic heterocycles. The third-order valence-electron chi connectivity index (χ3n) is 3.18. The summed E-state index contributed by atoms with van der Waals surface area (Å²) in [5, 5.41) is 9.30. The Hall–Kier alpha value is -2.87. The molecule has 1 aromatic rings. The van der Waals surface area contributed by atoms with Crippen molar-refractivity contribution in [1.29, 1.82) is 0 Å². The zero-order chi connectivity index (χ0) is 20.8. The maximum atomic E-state index is 13.6. The monoisotopic (exact) mass is 396 g/mol. The number of benzene rings is 1. The van der Waals surface area contributed by atoms with Crippen LogP contribution in [0.1, 0.15) is 13.3 Å². The fourth-order valence-corrected chi connectivity index (χ4v) is 1.51. The molecule has 0 saturated heterocycles. The lowest BCUT2D eigenvalue weighted by molar-refractivity contribution is -0.151. The van der Waals surface area contributed by atoms with E-state index in [2.05, 4.69) is 20.1 Å². The molecular weight excluding hydrogens is 383 g/mol. The normalized spacial score (nSPS) is 12.7. The van der Waals surface area contributed by atoms with Gasteiger partial charge in [0.25, 0.3) is 0 Å². The predicted molar refractivity (Wildman–Crippen MR) is 77.8 cm³/mol. The molecule has 6 nitrogen and oxygen atoms in total. The summed E-state index contributed by atoms with van der Waals surface area (Å²) >= 11 is 0. The third kappa shape index (κ3) is 5.07. The minimum absolute atomic E-state index is 0.0780. The third-order valence-corrected chi connectivity index (χ3v) is 3.18. The summed E-state index contributed by atoms with van der Waals surface area (Å²) in [7, 11) is 0. The molecule has 0 aliphatic heterocycles. The molecule has 11 heteroatoms. The minimum atomic E-state index is -2.44. The van der Waals surface area contributed by atoms with E-state index in [1.54, 1.807) is 0 Å². The van der Waals surface area contributed by atoms with Crippen LogP contribution in [0.15, 0.2) is 0 Å². The minimum Gasteiger partial charge on any atom is -0.433 e. The Morgan fingerprint density at radius 3 is 2.04 bits per heavy atom. The van der Waals surface area contributed by atoms with Crippen molar-refractivity contribution in [3.63, 3.8) is 0 Å². The number of ether oxygens (including phenoxy) is 3. The first-order valence-corrected chi connectivity index (χ1v) is 7.16. The lowest BCUT2D eigenvalue weighted by atomic mass is 9.93. The lowest BCUT2D eigenvalue weighted by Gasteiger charge is -2.24. The highest BCUT2D eigenvalue weighted by Crippen LogP contribution is 2.31. The lowest BCUT2D eigenvalue weighted by Crippen LogP contribution is -2.40. The van der Waals surface area contributed by atoms with Crippen molar-refractivity contribution in [3.05, 3.63) is 29.1 Å². The molecule has 0 fully saturated rings. The Bertz CT molecular complexity index is 747. The maximum absolute atomic E-state index is 13.6. The van der Waals surface area contributed by atoms with E-state index in [1.165, 1.54) is 0 Å². The van der Waals surface area contributed by atoms with Crippen LogP contribution in [0.4, 0.5) is 26.7 Å². The summed E-state index contributed by atoms with van der Waals surface area (Å²) in [5.74, 6) is -13.1. The first-order valence-electron chi connectivity index (χ1n) is 7.16. The molecule has 0 heterocycles. The molecule has 1 rings (SSSR count). The Morgan fingerprint density at radius 2 is 1.56 bits per heavy atom. The molecule has 0 spiro atoms. The number of terminal acetylenes is 1. The molecule has 1 unspecified atom stereocenters. The second-order valence-electron chi connectivity index (χ2n) is 5.35. The molecule has 0 aliphatic rings. The first kappa shape index (κ1) is 22.2. The van der Waals surface area contributed by atoms with Crippen LogP contribution in [0.5, 0.6) is 5.75 Å². The fourth-order valence-electron chi connectivity index (χ4n) is 1.51. The van der Waals surface area contributed by atoms with E-state index in [0.717, 1.165) is 6.92 Å². The molecular formula is C16H13F5O6. The molecule has 0 radical (unpaired) electrons. The highest BCUT2D eigenvalue weighted by molar-refractivity contribution is 5.79. The number of hydrogen-bond acceptors (Lipinski definition) is 6. The number of carbonyl (C=O) groups is 2. The van der Waals surface area contributed by atoms with Crippen molar-refractivity contribution >= 4 is 12.1 Å². The summed E-state index contributed by atoms with van der Waals surface area (Å²) in [6.07, 6.45) is 3.74. The highest BCUT2D eigenvalue weighted by Gasteiger charge is 2.39. The number of aliphatic hydroxyl groups excluding tert-OH is 1. The molecule has 148 valence electrons. The van der Waals surface area contributed by atoms with Gasteiger partial charge in [0.15, 0.2) is 0 Å². The van der Waals surface area contributed by atoms with Gasteiger partial charge >= 0.3 is 12.1 Å². The van der Waals surface area contributed by atoms with Gasteiger partial charge < -0.3 is 19.3 Å². The number of carbonyl (C=O) groups excluding carboxylic acids is 2. The van der Waals surface area contributed by atoms with Crippen molar-refractivity contribution in [1.82, 2.24) is 0 Å². The number of hydrogen-bond donors (Lipinski definition) is 1. The number of aliphatic hydroxyl groups is 1. The highest BCUT2D eigenvalue weighted by atomic mass is 19.2. The quantitative estimate of drug-likeness (QED) is 0.145. The average Bonchev–Trinajstić information content (AvgIpc) is 2.66. The Labute approximate surface area is 149 Å². The summed E-state index contributed by atoms with van der Waals surface area (Å²) in [6.45, 7) is -1.18. The second kappa shape index (κ2) is 9.18. The van der Waals surface area contributed by atoms with Crippen LogP contribution in [0.25, 0.3) is 0 Å². The van der Waals surface area contributed by atoms with Crippen molar-refractivity contribution in [2.24, 2.45) is 5.41 Å². The van der Waals surface area contributed by atoms with E-state index in [4.69, 9.17) is 6.42 Å². The summed E-state index contributed by atoms with van der Waals surface area (Å²) in [6, 6.07) is 0. The van der Waals surface area contributed by atoms with Gasteiger partial charge in [-0.05, 0) is 6.92 Å². The smallest absolute Gasteiger partial charge is 0.433 e. The van der Waals surface area contributed by atoms with Gasteiger partial charge in [-0.15, -0.1) is 12.3 Å². The molecule has 1 atom stereocenters. The molecule has 0 aliphatic carbocycles. The topological polar surface area (TPSA) is 82.1 Å². The predicted octanol–water partition coefficient (Wildman–Crippen LogP) is 2.46.